The summed E-state index contributed by atoms with van der Waals surface area (Å²) in [6.45, 7) is 4.00. The summed E-state index contributed by atoms with van der Waals surface area (Å²) in [6.07, 6.45) is 0.679. The van der Waals surface area contributed by atoms with Crippen molar-refractivity contribution in [3.8, 4) is 0 Å². The zero-order valence-corrected chi connectivity index (χ0v) is 13.9. The van der Waals surface area contributed by atoms with Crippen LogP contribution in [0.4, 0.5) is 5.69 Å². The first-order valence-corrected chi connectivity index (χ1v) is 8.66. The van der Waals surface area contributed by atoms with E-state index in [4.69, 9.17) is 17.3 Å². The summed E-state index contributed by atoms with van der Waals surface area (Å²) in [4.78, 5) is 10.3. The summed E-state index contributed by atoms with van der Waals surface area (Å²) in [5.74, 6) is 0.0886. The van der Waals surface area contributed by atoms with Crippen molar-refractivity contribution in [3.05, 3.63) is 32.8 Å². The van der Waals surface area contributed by atoms with Crippen molar-refractivity contribution < 1.29 is 13.3 Å². The first kappa shape index (κ1) is 17.1. The fraction of sp³-hybridized carbons (Fsp3) is 0.538. The Morgan fingerprint density at radius 2 is 2.14 bits per heavy atom. The first-order valence-electron chi connectivity index (χ1n) is 6.85. The Hall–Kier alpha value is -1.22. The van der Waals surface area contributed by atoms with Crippen molar-refractivity contribution in [2.24, 2.45) is 11.7 Å². The minimum atomic E-state index is -3.81. The molecule has 0 bridgehead atoms. The molecule has 0 saturated carbocycles. The van der Waals surface area contributed by atoms with Gasteiger partial charge in [0.2, 0.25) is 10.0 Å². The molecule has 1 heterocycles. The molecule has 1 saturated heterocycles. The van der Waals surface area contributed by atoms with Crippen LogP contribution in [-0.2, 0) is 10.0 Å². The van der Waals surface area contributed by atoms with Crippen molar-refractivity contribution in [1.82, 2.24) is 4.31 Å². The largest absolute Gasteiger partial charge is 0.328 e. The minimum absolute atomic E-state index is 0.0655. The molecule has 0 spiro atoms. The molecule has 0 radical (unpaired) electrons. The highest BCUT2D eigenvalue weighted by Gasteiger charge is 2.35. The van der Waals surface area contributed by atoms with Gasteiger partial charge in [0, 0.05) is 30.8 Å². The second-order valence-corrected chi connectivity index (χ2v) is 7.92. The number of benzene rings is 1. The first-order chi connectivity index (χ1) is 10.1. The third-order valence-corrected chi connectivity index (χ3v) is 6.29. The number of nitro groups is 1. The number of halogens is 1. The summed E-state index contributed by atoms with van der Waals surface area (Å²) < 4.78 is 26.6. The van der Waals surface area contributed by atoms with Crippen molar-refractivity contribution in [2.75, 3.05) is 13.1 Å². The van der Waals surface area contributed by atoms with Crippen molar-refractivity contribution in [2.45, 2.75) is 31.2 Å². The lowest BCUT2D eigenvalue weighted by Gasteiger charge is -2.18. The predicted molar refractivity (Wildman–Crippen MR) is 83.4 cm³/mol. The van der Waals surface area contributed by atoms with E-state index in [1.165, 1.54) is 17.3 Å². The molecule has 7 nitrogen and oxygen atoms in total. The molecule has 0 aromatic heterocycles. The number of hydrogen-bond acceptors (Lipinski definition) is 5. The van der Waals surface area contributed by atoms with Crippen LogP contribution in [0.3, 0.4) is 0 Å². The van der Waals surface area contributed by atoms with Crippen LogP contribution in [0.1, 0.15) is 18.9 Å². The third kappa shape index (κ3) is 3.10. The zero-order valence-electron chi connectivity index (χ0n) is 12.3. The fourth-order valence-corrected chi connectivity index (χ4v) is 4.37. The average molecular weight is 348 g/mol. The number of nitro benzene ring substituents is 1. The van der Waals surface area contributed by atoms with Gasteiger partial charge in [-0.1, -0.05) is 11.6 Å². The van der Waals surface area contributed by atoms with E-state index in [9.17, 15) is 18.5 Å². The predicted octanol–water partition coefficient (Wildman–Crippen LogP) is 1.91. The van der Waals surface area contributed by atoms with Gasteiger partial charge in [0.15, 0.2) is 0 Å². The van der Waals surface area contributed by atoms with Crippen LogP contribution in [0.2, 0.25) is 5.02 Å². The smallest absolute Gasteiger partial charge is 0.275 e. The van der Waals surface area contributed by atoms with Gasteiger partial charge in [0.1, 0.15) is 0 Å². The van der Waals surface area contributed by atoms with Crippen molar-refractivity contribution in [1.29, 1.82) is 0 Å². The maximum absolute atomic E-state index is 12.6. The topological polar surface area (TPSA) is 107 Å². The number of nitrogens with two attached hydrogens (primary N) is 1. The normalized spacial score (nSPS) is 21.0. The minimum Gasteiger partial charge on any atom is -0.328 e. The van der Waals surface area contributed by atoms with E-state index < -0.39 is 14.9 Å². The molecule has 1 aliphatic heterocycles. The van der Waals surface area contributed by atoms with Crippen molar-refractivity contribution >= 4 is 27.3 Å². The molecular weight excluding hydrogens is 330 g/mol. The van der Waals surface area contributed by atoms with Gasteiger partial charge in [0.05, 0.1) is 14.8 Å². The number of nitrogens with zero attached hydrogens (tertiary/aromatic N) is 2. The molecule has 1 aromatic carbocycles. The van der Waals surface area contributed by atoms with Crippen LogP contribution in [0.25, 0.3) is 0 Å². The van der Waals surface area contributed by atoms with Crippen LogP contribution in [0.15, 0.2) is 17.0 Å². The molecule has 1 fully saturated rings. The molecule has 2 N–H and O–H groups in total. The number of rotatable bonds is 4. The number of hydrogen-bond donors (Lipinski definition) is 1. The molecule has 1 aliphatic rings. The van der Waals surface area contributed by atoms with Crippen LogP contribution >= 0.6 is 11.6 Å². The number of sulfonamides is 1. The van der Waals surface area contributed by atoms with E-state index in [-0.39, 0.29) is 33.1 Å². The van der Waals surface area contributed by atoms with Crippen LogP contribution in [0, 0.1) is 23.0 Å². The van der Waals surface area contributed by atoms with Crippen LogP contribution in [-0.4, -0.2) is 36.8 Å². The molecule has 2 atom stereocenters. The van der Waals surface area contributed by atoms with Gasteiger partial charge in [-0.3, -0.25) is 10.1 Å². The highest BCUT2D eigenvalue weighted by molar-refractivity contribution is 7.89. The van der Waals surface area contributed by atoms with Crippen LogP contribution < -0.4 is 5.73 Å². The average Bonchev–Trinajstić information content (AvgIpc) is 2.91. The Labute approximate surface area is 134 Å². The summed E-state index contributed by atoms with van der Waals surface area (Å²) in [5.41, 5.74) is 5.77. The molecule has 9 heteroatoms. The molecule has 1 aromatic rings. The molecule has 122 valence electrons. The molecule has 0 aliphatic carbocycles. The van der Waals surface area contributed by atoms with Crippen molar-refractivity contribution in [3.63, 3.8) is 0 Å². The molecule has 2 unspecified atom stereocenters. The maximum Gasteiger partial charge on any atom is 0.275 e. The standard InChI is InChI=1S/C13H18ClN3O4S/c1-8-12(14)5-11(6-13(8)17(18)19)22(20,21)16-4-3-10(7-16)9(2)15/h5-6,9-10H,3-4,7,15H2,1-2H3. The Morgan fingerprint density at radius 1 is 1.50 bits per heavy atom. The summed E-state index contributed by atoms with van der Waals surface area (Å²) in [6, 6.07) is 2.23. The van der Waals surface area contributed by atoms with E-state index >= 15 is 0 Å². The van der Waals surface area contributed by atoms with Gasteiger partial charge < -0.3 is 5.73 Å². The van der Waals surface area contributed by atoms with Gasteiger partial charge >= 0.3 is 0 Å². The second-order valence-electron chi connectivity index (χ2n) is 5.58. The van der Waals surface area contributed by atoms with E-state index in [2.05, 4.69) is 0 Å². The van der Waals surface area contributed by atoms with Crippen LogP contribution in [0.5, 0.6) is 0 Å². The zero-order chi connectivity index (χ0) is 16.7. The van der Waals surface area contributed by atoms with E-state index in [1.54, 1.807) is 0 Å². The van der Waals surface area contributed by atoms with Gasteiger partial charge in [-0.2, -0.15) is 4.31 Å². The third-order valence-electron chi connectivity index (χ3n) is 4.06. The monoisotopic (exact) mass is 347 g/mol. The van der Waals surface area contributed by atoms with Gasteiger partial charge in [-0.25, -0.2) is 8.42 Å². The SMILES string of the molecule is Cc1c(Cl)cc(S(=O)(=O)N2CCC(C(C)N)C2)cc1[N+](=O)[O-]. The summed E-state index contributed by atoms with van der Waals surface area (Å²) >= 11 is 5.95. The Balaban J connectivity index is 2.41. The highest BCUT2D eigenvalue weighted by Crippen LogP contribution is 2.32. The van der Waals surface area contributed by atoms with E-state index in [0.717, 1.165) is 6.07 Å². The van der Waals surface area contributed by atoms with Gasteiger partial charge in [-0.05, 0) is 32.3 Å². The lowest BCUT2D eigenvalue weighted by molar-refractivity contribution is -0.385. The van der Waals surface area contributed by atoms with E-state index in [1.807, 2.05) is 6.92 Å². The lowest BCUT2D eigenvalue weighted by atomic mass is 10.0. The molecular formula is C13H18ClN3O4S. The quantitative estimate of drug-likeness (QED) is 0.661. The molecule has 2 rings (SSSR count). The second kappa shape index (κ2) is 6.11. The molecule has 22 heavy (non-hydrogen) atoms. The highest BCUT2D eigenvalue weighted by atomic mass is 35.5. The Bertz CT molecular complexity index is 705. The fourth-order valence-electron chi connectivity index (χ4n) is 2.53. The Morgan fingerprint density at radius 3 is 2.64 bits per heavy atom. The van der Waals surface area contributed by atoms with Gasteiger partial charge in [-0.15, -0.1) is 0 Å². The summed E-state index contributed by atoms with van der Waals surface area (Å²) in [5, 5.41) is 11.1. The van der Waals surface area contributed by atoms with Gasteiger partial charge in [0.25, 0.3) is 5.69 Å². The lowest BCUT2D eigenvalue weighted by Crippen LogP contribution is -2.33. The Kier molecular flexibility index (Phi) is 4.76. The maximum atomic E-state index is 12.6. The summed E-state index contributed by atoms with van der Waals surface area (Å²) in [7, 11) is -3.81. The van der Waals surface area contributed by atoms with E-state index in [0.29, 0.717) is 19.5 Å². The molecule has 0 amide bonds.